The summed E-state index contributed by atoms with van der Waals surface area (Å²) < 4.78 is 35.9. The van der Waals surface area contributed by atoms with Crippen LogP contribution >= 0.6 is 0 Å². The minimum atomic E-state index is -2.96. The Morgan fingerprint density at radius 2 is 1.96 bits per heavy atom. The van der Waals surface area contributed by atoms with Gasteiger partial charge in [-0.3, -0.25) is 4.99 Å². The first kappa shape index (κ1) is 20.4. The summed E-state index contributed by atoms with van der Waals surface area (Å²) in [6.45, 7) is 6.90. The van der Waals surface area contributed by atoms with Crippen molar-refractivity contribution in [1.29, 1.82) is 0 Å². The molecule has 2 N–H and O–H groups in total. The van der Waals surface area contributed by atoms with Crippen molar-refractivity contribution in [3.63, 3.8) is 0 Å². The maximum atomic E-state index is 13.3. The highest BCUT2D eigenvalue weighted by atomic mass is 32.2. The van der Waals surface area contributed by atoms with Crippen molar-refractivity contribution in [3.8, 4) is 0 Å². The molecule has 0 radical (unpaired) electrons. The normalized spacial score (nSPS) is 13.0. The lowest BCUT2D eigenvalue weighted by atomic mass is 9.90. The van der Waals surface area contributed by atoms with E-state index in [0.717, 1.165) is 5.56 Å². The number of aryl methyl sites for hydroxylation is 1. The van der Waals surface area contributed by atoms with Gasteiger partial charge in [-0.2, -0.15) is 0 Å². The van der Waals surface area contributed by atoms with E-state index < -0.39 is 9.84 Å². The molecule has 0 amide bonds. The van der Waals surface area contributed by atoms with E-state index in [0.29, 0.717) is 31.0 Å². The predicted octanol–water partition coefficient (Wildman–Crippen LogP) is 2.26. The van der Waals surface area contributed by atoms with Crippen molar-refractivity contribution in [2.75, 3.05) is 25.6 Å². The Balaban J connectivity index is 2.51. The molecule has 1 aromatic rings. The smallest absolute Gasteiger partial charge is 0.191 e. The molecule has 0 aliphatic carbocycles. The molecule has 1 rings (SSSR count). The Morgan fingerprint density at radius 3 is 2.50 bits per heavy atom. The summed E-state index contributed by atoms with van der Waals surface area (Å²) in [7, 11) is -1.28. The molecule has 1 aromatic carbocycles. The van der Waals surface area contributed by atoms with Crippen molar-refractivity contribution in [1.82, 2.24) is 10.6 Å². The van der Waals surface area contributed by atoms with E-state index in [2.05, 4.69) is 15.6 Å². The van der Waals surface area contributed by atoms with E-state index >= 15 is 0 Å². The molecule has 0 aliphatic rings. The predicted molar refractivity (Wildman–Crippen MR) is 97.4 cm³/mol. The average molecular weight is 357 g/mol. The molecule has 0 saturated carbocycles. The summed E-state index contributed by atoms with van der Waals surface area (Å²) in [6.07, 6.45) is 1.83. The zero-order chi connectivity index (χ0) is 18.4. The van der Waals surface area contributed by atoms with Gasteiger partial charge >= 0.3 is 0 Å². The van der Waals surface area contributed by atoms with Gasteiger partial charge in [0.1, 0.15) is 15.7 Å². The largest absolute Gasteiger partial charge is 0.356 e. The molecule has 7 heteroatoms. The number of sulfone groups is 1. The van der Waals surface area contributed by atoms with Crippen LogP contribution in [0.5, 0.6) is 0 Å². The van der Waals surface area contributed by atoms with Crippen LogP contribution in [0.15, 0.2) is 23.2 Å². The molecule has 0 heterocycles. The van der Waals surface area contributed by atoms with E-state index in [-0.39, 0.29) is 17.0 Å². The Labute approximate surface area is 144 Å². The van der Waals surface area contributed by atoms with E-state index in [4.69, 9.17) is 0 Å². The van der Waals surface area contributed by atoms with Gasteiger partial charge in [0.2, 0.25) is 0 Å². The maximum Gasteiger partial charge on any atom is 0.191 e. The first-order valence-corrected chi connectivity index (χ1v) is 9.96. The van der Waals surface area contributed by atoms with Crippen LogP contribution < -0.4 is 10.6 Å². The van der Waals surface area contributed by atoms with E-state index in [9.17, 15) is 12.8 Å². The minimum Gasteiger partial charge on any atom is -0.356 e. The number of benzene rings is 1. The second-order valence-corrected chi connectivity index (χ2v) is 9.17. The molecular weight excluding hydrogens is 329 g/mol. The van der Waals surface area contributed by atoms with Gasteiger partial charge in [-0.1, -0.05) is 26.0 Å². The van der Waals surface area contributed by atoms with Crippen LogP contribution in [-0.2, 0) is 16.4 Å². The zero-order valence-corrected chi connectivity index (χ0v) is 15.9. The fourth-order valence-electron chi connectivity index (χ4n) is 2.10. The molecule has 0 aliphatic heterocycles. The van der Waals surface area contributed by atoms with E-state index in [1.807, 2.05) is 13.8 Å². The summed E-state index contributed by atoms with van der Waals surface area (Å²) in [5.41, 5.74) is 1.40. The van der Waals surface area contributed by atoms with Crippen LogP contribution in [0.25, 0.3) is 0 Å². The fraction of sp³-hybridized carbons (Fsp3) is 0.588. The van der Waals surface area contributed by atoms with Crippen molar-refractivity contribution in [3.05, 3.63) is 35.1 Å². The van der Waals surface area contributed by atoms with Crippen LogP contribution in [0.2, 0.25) is 0 Å². The molecule has 0 spiro atoms. The summed E-state index contributed by atoms with van der Waals surface area (Å²) in [5, 5.41) is 6.39. The summed E-state index contributed by atoms with van der Waals surface area (Å²) in [6, 6.07) is 4.99. The average Bonchev–Trinajstić information content (AvgIpc) is 2.48. The quantitative estimate of drug-likeness (QED) is 0.580. The van der Waals surface area contributed by atoms with Gasteiger partial charge in [-0.05, 0) is 36.0 Å². The number of aliphatic imine (C=N–C) groups is 1. The van der Waals surface area contributed by atoms with Gasteiger partial charge in [0.15, 0.2) is 5.96 Å². The SMILES string of the molecule is CN=C(NCc1ccc(F)c(C)c1)NCC(C)(C)CCS(C)(=O)=O. The monoisotopic (exact) mass is 357 g/mol. The zero-order valence-electron chi connectivity index (χ0n) is 15.1. The lowest BCUT2D eigenvalue weighted by Gasteiger charge is -2.25. The Kier molecular flexibility index (Phi) is 7.20. The third kappa shape index (κ3) is 7.77. The maximum absolute atomic E-state index is 13.3. The standard InChI is InChI=1S/C17H28FN3O2S/c1-13-10-14(6-7-15(13)18)11-20-16(19-4)21-12-17(2,3)8-9-24(5,22)23/h6-7,10H,8-9,11-12H2,1-5H3,(H2,19,20,21). The molecule has 136 valence electrons. The van der Waals surface area contributed by atoms with Crippen LogP contribution in [0.1, 0.15) is 31.4 Å². The van der Waals surface area contributed by atoms with Crippen molar-refractivity contribution >= 4 is 15.8 Å². The third-order valence-corrected chi connectivity index (χ3v) is 4.74. The van der Waals surface area contributed by atoms with Crippen LogP contribution in [0, 0.1) is 18.2 Å². The lowest BCUT2D eigenvalue weighted by molar-refractivity contribution is 0.348. The number of nitrogens with one attached hydrogen (secondary N) is 2. The van der Waals surface area contributed by atoms with Gasteiger partial charge in [-0.15, -0.1) is 0 Å². The van der Waals surface area contributed by atoms with Gasteiger partial charge in [0.25, 0.3) is 0 Å². The number of guanidine groups is 1. The second-order valence-electron chi connectivity index (χ2n) is 6.91. The first-order chi connectivity index (χ1) is 11.0. The minimum absolute atomic E-state index is 0.169. The van der Waals surface area contributed by atoms with Gasteiger partial charge < -0.3 is 10.6 Å². The topological polar surface area (TPSA) is 70.6 Å². The molecule has 24 heavy (non-hydrogen) atoms. The van der Waals surface area contributed by atoms with Gasteiger partial charge in [0.05, 0.1) is 5.75 Å². The number of hydrogen-bond donors (Lipinski definition) is 2. The molecule has 0 aromatic heterocycles. The Hall–Kier alpha value is -1.63. The van der Waals surface area contributed by atoms with Crippen molar-refractivity contribution in [2.45, 2.75) is 33.7 Å². The molecule has 0 bridgehead atoms. The molecule has 0 unspecified atom stereocenters. The molecule has 5 nitrogen and oxygen atoms in total. The van der Waals surface area contributed by atoms with Crippen molar-refractivity contribution < 1.29 is 12.8 Å². The number of rotatable bonds is 7. The van der Waals surface area contributed by atoms with Crippen LogP contribution in [0.4, 0.5) is 4.39 Å². The third-order valence-electron chi connectivity index (χ3n) is 3.79. The van der Waals surface area contributed by atoms with E-state index in [1.165, 1.54) is 12.3 Å². The fourth-order valence-corrected chi connectivity index (χ4v) is 3.02. The van der Waals surface area contributed by atoms with Crippen LogP contribution in [-0.4, -0.2) is 40.0 Å². The first-order valence-electron chi connectivity index (χ1n) is 7.90. The van der Waals surface area contributed by atoms with Crippen molar-refractivity contribution in [2.24, 2.45) is 10.4 Å². The van der Waals surface area contributed by atoms with E-state index in [1.54, 1.807) is 26.1 Å². The summed E-state index contributed by atoms with van der Waals surface area (Å²) in [4.78, 5) is 4.16. The number of halogens is 1. The lowest BCUT2D eigenvalue weighted by Crippen LogP contribution is -2.42. The van der Waals surface area contributed by atoms with Gasteiger partial charge in [0, 0.05) is 26.4 Å². The second kappa shape index (κ2) is 8.46. The summed E-state index contributed by atoms with van der Waals surface area (Å²) in [5.74, 6) is 0.584. The number of hydrogen-bond acceptors (Lipinski definition) is 3. The molecule has 0 fully saturated rings. The molecule has 0 saturated heterocycles. The number of nitrogens with zero attached hydrogens (tertiary/aromatic N) is 1. The highest BCUT2D eigenvalue weighted by Crippen LogP contribution is 2.19. The highest BCUT2D eigenvalue weighted by Gasteiger charge is 2.20. The van der Waals surface area contributed by atoms with Crippen LogP contribution in [0.3, 0.4) is 0 Å². The molecule has 0 atom stereocenters. The Morgan fingerprint density at radius 1 is 1.29 bits per heavy atom. The summed E-state index contributed by atoms with van der Waals surface area (Å²) >= 11 is 0. The highest BCUT2D eigenvalue weighted by molar-refractivity contribution is 7.90. The van der Waals surface area contributed by atoms with Gasteiger partial charge in [-0.25, -0.2) is 12.8 Å². The Bertz CT molecular complexity index is 685. The molecular formula is C17H28FN3O2S.